The summed E-state index contributed by atoms with van der Waals surface area (Å²) in [5.74, 6) is -2.35. The third-order valence-corrected chi connectivity index (χ3v) is 8.80. The predicted molar refractivity (Wildman–Crippen MR) is 180 cm³/mol. The number of carboxylic acid groups (broad SMARTS) is 2. The fraction of sp³-hybridized carbons (Fsp3) is 0.324. The molecule has 0 radical (unpaired) electrons. The molecule has 1 aliphatic rings. The van der Waals surface area contributed by atoms with E-state index in [1.807, 2.05) is 54.4 Å². The molecule has 0 fully saturated rings. The number of ether oxygens (including phenoxy) is 1. The van der Waals surface area contributed by atoms with Crippen LogP contribution in [-0.2, 0) is 27.3 Å². The number of carbonyl (C=O) groups excluding carboxylic acids is 2. The van der Waals surface area contributed by atoms with Crippen LogP contribution in [0.5, 0.6) is 5.75 Å². The number of anilines is 1. The van der Waals surface area contributed by atoms with Crippen LogP contribution in [0.15, 0.2) is 73.1 Å². The Morgan fingerprint density at radius 1 is 1.02 bits per heavy atom. The molecular weight excluding hydrogens is 612 g/mol. The maximum absolute atomic E-state index is 13.4. The average molecular weight is 653 g/mol. The van der Waals surface area contributed by atoms with E-state index in [9.17, 15) is 24.3 Å². The van der Waals surface area contributed by atoms with Gasteiger partial charge in [-0.05, 0) is 85.2 Å². The maximum Gasteiger partial charge on any atom is 0.327 e. The molecule has 0 spiro atoms. The topological polar surface area (TPSA) is 142 Å². The van der Waals surface area contributed by atoms with Crippen LogP contribution < -0.4 is 9.64 Å². The molecule has 0 saturated carbocycles. The van der Waals surface area contributed by atoms with Crippen LogP contribution in [0.4, 0.5) is 5.69 Å². The number of amides is 2. The van der Waals surface area contributed by atoms with Crippen molar-refractivity contribution in [3.63, 3.8) is 0 Å². The van der Waals surface area contributed by atoms with Gasteiger partial charge in [0.25, 0.3) is 5.91 Å². The largest absolute Gasteiger partial charge is 0.493 e. The van der Waals surface area contributed by atoms with Gasteiger partial charge in [0, 0.05) is 43.0 Å². The molecule has 2 N–H and O–H groups in total. The van der Waals surface area contributed by atoms with Gasteiger partial charge in [0.1, 0.15) is 11.8 Å². The number of carbonyl (C=O) groups is 4. The van der Waals surface area contributed by atoms with Crippen molar-refractivity contribution in [3.05, 3.63) is 101 Å². The molecule has 1 atom stereocenters. The molecule has 11 heteroatoms. The normalized spacial score (nSPS) is 13.0. The Balaban J connectivity index is 1.25. The number of nitrogens with zero attached hydrogens (tertiary/aromatic N) is 4. The minimum Gasteiger partial charge on any atom is -0.493 e. The quantitative estimate of drug-likeness (QED) is 0.184. The van der Waals surface area contributed by atoms with Crippen LogP contribution in [-0.4, -0.2) is 74.9 Å². The van der Waals surface area contributed by atoms with Crippen molar-refractivity contribution in [1.82, 2.24) is 14.7 Å². The van der Waals surface area contributed by atoms with E-state index in [0.717, 1.165) is 57.0 Å². The van der Waals surface area contributed by atoms with Crippen molar-refractivity contribution in [2.24, 2.45) is 0 Å². The number of fused-ring (bicyclic) bond motifs is 1. The van der Waals surface area contributed by atoms with Gasteiger partial charge < -0.3 is 24.7 Å². The van der Waals surface area contributed by atoms with Gasteiger partial charge in [0.05, 0.1) is 25.8 Å². The summed E-state index contributed by atoms with van der Waals surface area (Å²) in [5.41, 5.74) is 7.25. The van der Waals surface area contributed by atoms with Gasteiger partial charge in [-0.3, -0.25) is 19.1 Å². The Kier molecular flexibility index (Phi) is 10.6. The maximum atomic E-state index is 13.4. The van der Waals surface area contributed by atoms with Crippen molar-refractivity contribution in [2.45, 2.75) is 58.5 Å². The molecule has 2 amide bonds. The second-order valence-corrected chi connectivity index (χ2v) is 12.1. The number of likely N-dealkylation sites (N-methyl/N-ethyl adjacent to an activating group) is 1. The lowest BCUT2D eigenvalue weighted by atomic mass is 9.93. The van der Waals surface area contributed by atoms with Crippen LogP contribution in [0.25, 0.3) is 11.1 Å². The molecule has 2 heterocycles. The number of benzene rings is 3. The van der Waals surface area contributed by atoms with Crippen molar-refractivity contribution < 1.29 is 34.1 Å². The lowest BCUT2D eigenvalue weighted by molar-refractivity contribution is -0.148. The first-order chi connectivity index (χ1) is 23.0. The molecule has 48 heavy (non-hydrogen) atoms. The van der Waals surface area contributed by atoms with E-state index in [1.54, 1.807) is 29.1 Å². The fourth-order valence-corrected chi connectivity index (χ4v) is 6.05. The highest BCUT2D eigenvalue weighted by Crippen LogP contribution is 2.36. The van der Waals surface area contributed by atoms with Crippen molar-refractivity contribution >= 4 is 29.4 Å². The van der Waals surface area contributed by atoms with E-state index in [1.165, 1.54) is 12.6 Å². The summed E-state index contributed by atoms with van der Waals surface area (Å²) in [5, 5.41) is 23.1. The fourth-order valence-electron chi connectivity index (χ4n) is 6.05. The van der Waals surface area contributed by atoms with E-state index >= 15 is 0 Å². The van der Waals surface area contributed by atoms with Crippen molar-refractivity contribution in [2.75, 3.05) is 25.1 Å². The van der Waals surface area contributed by atoms with E-state index in [0.29, 0.717) is 32.5 Å². The number of aromatic nitrogens is 2. The second kappa shape index (κ2) is 15.0. The van der Waals surface area contributed by atoms with Crippen LogP contribution in [0, 0.1) is 13.8 Å². The molecule has 4 aromatic rings. The van der Waals surface area contributed by atoms with Crippen molar-refractivity contribution in [3.8, 4) is 16.9 Å². The van der Waals surface area contributed by atoms with Gasteiger partial charge in [-0.2, -0.15) is 5.10 Å². The minimum atomic E-state index is -1.49. The summed E-state index contributed by atoms with van der Waals surface area (Å²) in [4.78, 5) is 52.0. The molecule has 0 saturated heterocycles. The summed E-state index contributed by atoms with van der Waals surface area (Å²) < 4.78 is 7.72. The average Bonchev–Trinajstić information content (AvgIpc) is 3.54. The first-order valence-corrected chi connectivity index (χ1v) is 16.0. The molecular formula is C37H40N4O7. The number of hydrogen-bond acceptors (Lipinski definition) is 6. The highest BCUT2D eigenvalue weighted by Gasteiger charge is 2.30. The summed E-state index contributed by atoms with van der Waals surface area (Å²) in [7, 11) is 1.29. The summed E-state index contributed by atoms with van der Waals surface area (Å²) in [6.07, 6.45) is 5.71. The SMILES string of the molecule is Cc1cccc(OCCCC(=O)N2CCCc3c(-c4cnn(Cc5cccc(C(=O)N(C)[C@@H](CC(=O)O)C(=O)O)c5)c4)cccc32)c1C. The number of aliphatic carboxylic acids is 2. The molecule has 1 aliphatic heterocycles. The Bertz CT molecular complexity index is 1830. The molecule has 0 unspecified atom stereocenters. The van der Waals surface area contributed by atoms with Crippen molar-refractivity contribution in [1.29, 1.82) is 0 Å². The van der Waals surface area contributed by atoms with Gasteiger partial charge >= 0.3 is 11.9 Å². The van der Waals surface area contributed by atoms with Crippen LogP contribution in [0.2, 0.25) is 0 Å². The van der Waals surface area contributed by atoms with Crippen LogP contribution in [0.1, 0.15) is 58.3 Å². The van der Waals surface area contributed by atoms with E-state index in [-0.39, 0.29) is 11.5 Å². The third-order valence-electron chi connectivity index (χ3n) is 8.80. The predicted octanol–water partition coefficient (Wildman–Crippen LogP) is 5.35. The molecule has 11 nitrogen and oxygen atoms in total. The minimum absolute atomic E-state index is 0.0751. The Morgan fingerprint density at radius 2 is 1.79 bits per heavy atom. The van der Waals surface area contributed by atoms with Crippen LogP contribution in [0.3, 0.4) is 0 Å². The lowest BCUT2D eigenvalue weighted by Crippen LogP contribution is -2.43. The first kappa shape index (κ1) is 33.9. The Labute approximate surface area is 279 Å². The zero-order valence-electron chi connectivity index (χ0n) is 27.4. The number of hydrogen-bond donors (Lipinski definition) is 2. The molecule has 0 bridgehead atoms. The van der Waals surface area contributed by atoms with Gasteiger partial charge in [0.15, 0.2) is 0 Å². The monoisotopic (exact) mass is 652 g/mol. The van der Waals surface area contributed by atoms with Gasteiger partial charge in [-0.25, -0.2) is 4.79 Å². The Morgan fingerprint density at radius 3 is 2.56 bits per heavy atom. The smallest absolute Gasteiger partial charge is 0.327 e. The van der Waals surface area contributed by atoms with E-state index in [2.05, 4.69) is 18.1 Å². The number of rotatable bonds is 13. The molecule has 1 aromatic heterocycles. The highest BCUT2D eigenvalue weighted by molar-refractivity contribution is 5.97. The Hall–Kier alpha value is -5.45. The standard InChI is InChI=1S/C37H40N4O7/c1-24-9-4-15-33(25(24)2)48-18-8-16-34(42)41-17-7-13-30-29(12-6-14-31(30)41)28-21-38-40(23-28)22-26-10-5-11-27(19-26)36(45)39(3)32(37(46)47)20-35(43)44/h4-6,9-12,14-15,19,21,23,32H,7-8,13,16-18,20,22H2,1-3H3,(H,43,44)(H,46,47)/t32-/m0/s1. The van der Waals surface area contributed by atoms with E-state index < -0.39 is 30.3 Å². The zero-order chi connectivity index (χ0) is 34.4. The first-order valence-electron chi connectivity index (χ1n) is 16.0. The van der Waals surface area contributed by atoms with Gasteiger partial charge in [0.2, 0.25) is 5.91 Å². The number of aryl methyl sites for hydroxylation is 1. The van der Waals surface area contributed by atoms with Gasteiger partial charge in [-0.15, -0.1) is 0 Å². The zero-order valence-corrected chi connectivity index (χ0v) is 27.4. The van der Waals surface area contributed by atoms with Crippen LogP contribution >= 0.6 is 0 Å². The highest BCUT2D eigenvalue weighted by atomic mass is 16.5. The number of carboxylic acids is 2. The van der Waals surface area contributed by atoms with Gasteiger partial charge in [-0.1, -0.05) is 36.4 Å². The molecule has 3 aromatic carbocycles. The molecule has 5 rings (SSSR count). The summed E-state index contributed by atoms with van der Waals surface area (Å²) in [6.45, 7) is 5.58. The lowest BCUT2D eigenvalue weighted by Gasteiger charge is -2.31. The van der Waals surface area contributed by atoms with E-state index in [4.69, 9.17) is 9.84 Å². The summed E-state index contributed by atoms with van der Waals surface area (Å²) in [6, 6.07) is 17.2. The summed E-state index contributed by atoms with van der Waals surface area (Å²) >= 11 is 0. The second-order valence-electron chi connectivity index (χ2n) is 12.1. The molecule has 0 aliphatic carbocycles. The third kappa shape index (κ3) is 7.74. The molecule has 250 valence electrons.